The molecule has 0 N–H and O–H groups in total. The third-order valence-corrected chi connectivity index (χ3v) is 5.53. The summed E-state index contributed by atoms with van der Waals surface area (Å²) in [5.74, 6) is 1.90. The van der Waals surface area contributed by atoms with E-state index in [2.05, 4.69) is 9.97 Å². The highest BCUT2D eigenvalue weighted by Crippen LogP contribution is 2.31. The lowest BCUT2D eigenvalue weighted by Gasteiger charge is -2.23. The van der Waals surface area contributed by atoms with Gasteiger partial charge in [-0.2, -0.15) is 0 Å². The second-order valence-corrected chi connectivity index (χ2v) is 7.75. The Kier molecular flexibility index (Phi) is 6.46. The lowest BCUT2D eigenvalue weighted by molar-refractivity contribution is 0.0744. The van der Waals surface area contributed by atoms with Gasteiger partial charge in [-0.1, -0.05) is 36.4 Å². The molecule has 160 valence electrons. The standard InChI is InChI=1S/C25H27N3O3/c1-30-21-11-10-18(16-22(21)31-2)12-15-28(17-19-8-9-19)25(29)24-23(26-13-14-27-24)20-6-4-3-5-7-20/h3-7,10-11,13-14,16,19H,8-9,12,15,17H2,1-2H3. The summed E-state index contributed by atoms with van der Waals surface area (Å²) in [6.45, 7) is 1.35. The summed E-state index contributed by atoms with van der Waals surface area (Å²) in [4.78, 5) is 24.3. The second kappa shape index (κ2) is 9.60. The molecule has 1 amide bonds. The first-order valence-corrected chi connectivity index (χ1v) is 10.6. The van der Waals surface area contributed by atoms with Crippen LogP contribution in [0.4, 0.5) is 0 Å². The van der Waals surface area contributed by atoms with E-state index in [1.54, 1.807) is 26.6 Å². The van der Waals surface area contributed by atoms with Crippen LogP contribution in [0, 0.1) is 5.92 Å². The number of benzene rings is 2. The highest BCUT2D eigenvalue weighted by atomic mass is 16.5. The molecule has 0 saturated heterocycles. The van der Waals surface area contributed by atoms with Gasteiger partial charge in [0.25, 0.3) is 5.91 Å². The van der Waals surface area contributed by atoms with Crippen molar-refractivity contribution in [1.29, 1.82) is 0 Å². The van der Waals surface area contributed by atoms with Crippen molar-refractivity contribution in [3.63, 3.8) is 0 Å². The van der Waals surface area contributed by atoms with Gasteiger partial charge in [0.15, 0.2) is 17.2 Å². The molecule has 1 aliphatic carbocycles. The normalized spacial score (nSPS) is 13.0. The molecule has 0 unspecified atom stereocenters. The van der Waals surface area contributed by atoms with Crippen LogP contribution < -0.4 is 9.47 Å². The number of methoxy groups -OCH3 is 2. The van der Waals surface area contributed by atoms with Crippen LogP contribution in [-0.2, 0) is 6.42 Å². The lowest BCUT2D eigenvalue weighted by atomic mass is 10.1. The van der Waals surface area contributed by atoms with E-state index in [1.807, 2.05) is 53.4 Å². The molecule has 0 radical (unpaired) electrons. The topological polar surface area (TPSA) is 64.5 Å². The fourth-order valence-corrected chi connectivity index (χ4v) is 3.64. The summed E-state index contributed by atoms with van der Waals surface area (Å²) in [6.07, 6.45) is 6.29. The molecule has 0 bridgehead atoms. The van der Waals surface area contributed by atoms with Crippen LogP contribution in [0.3, 0.4) is 0 Å². The van der Waals surface area contributed by atoms with Crippen molar-refractivity contribution >= 4 is 5.91 Å². The van der Waals surface area contributed by atoms with Crippen LogP contribution in [-0.4, -0.2) is 48.1 Å². The summed E-state index contributed by atoms with van der Waals surface area (Å²) in [6, 6.07) is 15.6. The maximum atomic E-state index is 13.5. The van der Waals surface area contributed by atoms with Crippen molar-refractivity contribution in [3.8, 4) is 22.8 Å². The van der Waals surface area contributed by atoms with E-state index in [4.69, 9.17) is 9.47 Å². The zero-order valence-electron chi connectivity index (χ0n) is 18.0. The molecule has 6 nitrogen and oxygen atoms in total. The number of hydrogen-bond donors (Lipinski definition) is 0. The zero-order chi connectivity index (χ0) is 21.6. The minimum absolute atomic E-state index is 0.0701. The second-order valence-electron chi connectivity index (χ2n) is 7.75. The van der Waals surface area contributed by atoms with E-state index >= 15 is 0 Å². The third kappa shape index (κ3) is 5.02. The van der Waals surface area contributed by atoms with Gasteiger partial charge in [-0.3, -0.25) is 9.78 Å². The Morgan fingerprint density at radius 2 is 1.74 bits per heavy atom. The van der Waals surface area contributed by atoms with E-state index in [0.717, 1.165) is 24.1 Å². The average Bonchev–Trinajstić information content (AvgIpc) is 3.66. The van der Waals surface area contributed by atoms with Gasteiger partial charge in [0.1, 0.15) is 5.69 Å². The largest absolute Gasteiger partial charge is 0.493 e. The predicted molar refractivity (Wildman–Crippen MR) is 119 cm³/mol. The Balaban J connectivity index is 1.56. The van der Waals surface area contributed by atoms with Crippen LogP contribution in [0.25, 0.3) is 11.3 Å². The van der Waals surface area contributed by atoms with E-state index in [-0.39, 0.29) is 5.91 Å². The van der Waals surface area contributed by atoms with Crippen LogP contribution in [0.2, 0.25) is 0 Å². The fourth-order valence-electron chi connectivity index (χ4n) is 3.64. The molecule has 2 aromatic carbocycles. The van der Waals surface area contributed by atoms with Gasteiger partial charge < -0.3 is 14.4 Å². The quantitative estimate of drug-likeness (QED) is 0.521. The summed E-state index contributed by atoms with van der Waals surface area (Å²) < 4.78 is 10.7. The van der Waals surface area contributed by atoms with Crippen molar-refractivity contribution in [2.45, 2.75) is 19.3 Å². The maximum absolute atomic E-state index is 13.5. The fraction of sp³-hybridized carbons (Fsp3) is 0.320. The number of aromatic nitrogens is 2. The van der Waals surface area contributed by atoms with Crippen molar-refractivity contribution < 1.29 is 14.3 Å². The van der Waals surface area contributed by atoms with Gasteiger partial charge >= 0.3 is 0 Å². The molecule has 1 fully saturated rings. The van der Waals surface area contributed by atoms with Crippen molar-refractivity contribution in [1.82, 2.24) is 14.9 Å². The molecule has 1 saturated carbocycles. The first-order chi connectivity index (χ1) is 15.2. The first kappa shape index (κ1) is 20.8. The zero-order valence-corrected chi connectivity index (χ0v) is 18.0. The van der Waals surface area contributed by atoms with Crippen LogP contribution in [0.15, 0.2) is 60.9 Å². The van der Waals surface area contributed by atoms with E-state index in [0.29, 0.717) is 35.3 Å². The smallest absolute Gasteiger partial charge is 0.274 e. The molecule has 31 heavy (non-hydrogen) atoms. The van der Waals surface area contributed by atoms with E-state index in [1.165, 1.54) is 12.8 Å². The van der Waals surface area contributed by atoms with Gasteiger partial charge in [0, 0.05) is 31.0 Å². The SMILES string of the molecule is COc1ccc(CCN(CC2CC2)C(=O)c2nccnc2-c2ccccc2)cc1OC. The minimum atomic E-state index is -0.0701. The maximum Gasteiger partial charge on any atom is 0.274 e. The summed E-state index contributed by atoms with van der Waals surface area (Å²) in [5.41, 5.74) is 3.01. The molecule has 0 spiro atoms. The predicted octanol–water partition coefficient (Wildman–Crippen LogP) is 4.26. The van der Waals surface area contributed by atoms with Crippen molar-refractivity contribution in [3.05, 3.63) is 72.2 Å². The monoisotopic (exact) mass is 417 g/mol. The van der Waals surface area contributed by atoms with Gasteiger partial charge in [0.05, 0.1) is 14.2 Å². The Morgan fingerprint density at radius 3 is 2.45 bits per heavy atom. The van der Waals surface area contributed by atoms with Crippen molar-refractivity contribution in [2.24, 2.45) is 5.92 Å². The number of nitrogens with zero attached hydrogens (tertiary/aromatic N) is 3. The van der Waals surface area contributed by atoms with Crippen LogP contribution >= 0.6 is 0 Å². The molecular weight excluding hydrogens is 390 g/mol. The highest BCUT2D eigenvalue weighted by molar-refractivity contribution is 5.98. The molecule has 1 heterocycles. The van der Waals surface area contributed by atoms with Crippen LogP contribution in [0.5, 0.6) is 11.5 Å². The molecule has 1 aliphatic rings. The van der Waals surface area contributed by atoms with Gasteiger partial charge in [-0.05, 0) is 42.9 Å². The summed E-state index contributed by atoms with van der Waals surface area (Å²) >= 11 is 0. The number of ether oxygens (including phenoxy) is 2. The number of hydrogen-bond acceptors (Lipinski definition) is 5. The number of carbonyl (C=O) groups excluding carboxylic acids is 1. The Labute approximate surface area is 182 Å². The van der Waals surface area contributed by atoms with E-state index < -0.39 is 0 Å². The number of amides is 1. The highest BCUT2D eigenvalue weighted by Gasteiger charge is 2.29. The first-order valence-electron chi connectivity index (χ1n) is 10.6. The lowest BCUT2D eigenvalue weighted by Crippen LogP contribution is -2.35. The van der Waals surface area contributed by atoms with Crippen LogP contribution in [0.1, 0.15) is 28.9 Å². The molecule has 3 aromatic rings. The molecular formula is C25H27N3O3. The Bertz CT molecular complexity index is 1040. The number of carbonyl (C=O) groups is 1. The summed E-state index contributed by atoms with van der Waals surface area (Å²) in [7, 11) is 3.25. The van der Waals surface area contributed by atoms with Gasteiger partial charge in [-0.25, -0.2) is 4.98 Å². The van der Waals surface area contributed by atoms with Gasteiger partial charge in [-0.15, -0.1) is 0 Å². The summed E-state index contributed by atoms with van der Waals surface area (Å²) in [5, 5.41) is 0. The van der Waals surface area contributed by atoms with E-state index in [9.17, 15) is 4.79 Å². The Hall–Kier alpha value is -3.41. The molecule has 1 aromatic heterocycles. The Morgan fingerprint density at radius 1 is 1.00 bits per heavy atom. The molecule has 6 heteroatoms. The molecule has 0 atom stereocenters. The molecule has 0 aliphatic heterocycles. The molecule has 4 rings (SSSR count). The minimum Gasteiger partial charge on any atom is -0.493 e. The van der Waals surface area contributed by atoms with Gasteiger partial charge in [0.2, 0.25) is 0 Å². The third-order valence-electron chi connectivity index (χ3n) is 5.53. The number of rotatable bonds is 9. The van der Waals surface area contributed by atoms with Crippen molar-refractivity contribution in [2.75, 3.05) is 27.3 Å². The average molecular weight is 418 g/mol.